The third-order valence-electron chi connectivity index (χ3n) is 6.21. The summed E-state index contributed by atoms with van der Waals surface area (Å²) in [5.41, 5.74) is 0.818. The van der Waals surface area contributed by atoms with Crippen LogP contribution in [0.1, 0.15) is 38.3 Å². The van der Waals surface area contributed by atoms with Crippen molar-refractivity contribution in [1.82, 2.24) is 4.90 Å². The largest absolute Gasteiger partial charge is 0.357 e. The van der Waals surface area contributed by atoms with Crippen LogP contribution in [-0.4, -0.2) is 16.7 Å². The van der Waals surface area contributed by atoms with Gasteiger partial charge in [-0.2, -0.15) is 10.5 Å². The second-order valence-corrected chi connectivity index (χ2v) is 8.65. The van der Waals surface area contributed by atoms with E-state index < -0.39 is 29.2 Å². The minimum Gasteiger partial charge on any atom is -0.357 e. The Kier molecular flexibility index (Phi) is 4.46. The van der Waals surface area contributed by atoms with Gasteiger partial charge in [0.25, 0.3) is 0 Å². The molecule has 2 aliphatic heterocycles. The Bertz CT molecular complexity index is 1250. The minimum atomic E-state index is -1.53. The molecule has 2 aliphatic rings. The van der Waals surface area contributed by atoms with Gasteiger partial charge in [-0.25, -0.2) is 4.39 Å². The molecular formula is C25H16FN3OS. The number of rotatable bonds is 3. The van der Waals surface area contributed by atoms with Gasteiger partial charge >= 0.3 is 0 Å². The van der Waals surface area contributed by atoms with E-state index in [4.69, 9.17) is 0 Å². The van der Waals surface area contributed by atoms with Gasteiger partial charge in [-0.15, -0.1) is 11.3 Å². The highest BCUT2D eigenvalue weighted by molar-refractivity contribution is 7.12. The van der Waals surface area contributed by atoms with Gasteiger partial charge in [-0.1, -0.05) is 42.5 Å². The molecule has 1 fully saturated rings. The monoisotopic (exact) mass is 425 g/mol. The first-order chi connectivity index (χ1) is 15.1. The predicted molar refractivity (Wildman–Crippen MR) is 115 cm³/mol. The van der Waals surface area contributed by atoms with Crippen LogP contribution >= 0.6 is 11.3 Å². The SMILES string of the molecule is N#CC1(C#N)[C@H](c2ccc(F)cc2)[C@H](C(=O)c2cccs2)N2C=Cc3ccccc3[C@H]21. The highest BCUT2D eigenvalue weighted by atomic mass is 32.1. The van der Waals surface area contributed by atoms with Crippen molar-refractivity contribution < 1.29 is 9.18 Å². The number of fused-ring (bicyclic) bond motifs is 3. The molecule has 5 rings (SSSR count). The van der Waals surface area contributed by atoms with Crippen LogP contribution in [0.2, 0.25) is 0 Å². The summed E-state index contributed by atoms with van der Waals surface area (Å²) in [7, 11) is 0. The van der Waals surface area contributed by atoms with Crippen molar-refractivity contribution in [2.24, 2.45) is 5.41 Å². The van der Waals surface area contributed by atoms with Crippen molar-refractivity contribution in [2.75, 3.05) is 0 Å². The molecule has 0 bridgehead atoms. The lowest BCUT2D eigenvalue weighted by molar-refractivity contribution is 0.0879. The Morgan fingerprint density at radius 3 is 2.45 bits per heavy atom. The molecule has 0 N–H and O–H groups in total. The zero-order chi connectivity index (χ0) is 21.6. The van der Waals surface area contributed by atoms with Crippen LogP contribution in [0.4, 0.5) is 4.39 Å². The van der Waals surface area contributed by atoms with E-state index in [1.54, 1.807) is 24.3 Å². The fourth-order valence-electron chi connectivity index (χ4n) is 4.90. The molecule has 0 unspecified atom stereocenters. The van der Waals surface area contributed by atoms with Crippen LogP contribution in [-0.2, 0) is 0 Å². The van der Waals surface area contributed by atoms with Crippen LogP contribution < -0.4 is 0 Å². The Labute approximate surface area is 183 Å². The van der Waals surface area contributed by atoms with Crippen molar-refractivity contribution >= 4 is 23.2 Å². The molecule has 6 heteroatoms. The van der Waals surface area contributed by atoms with E-state index in [1.165, 1.54) is 23.5 Å². The number of benzene rings is 2. The molecule has 31 heavy (non-hydrogen) atoms. The molecule has 1 saturated heterocycles. The Morgan fingerprint density at radius 2 is 1.77 bits per heavy atom. The zero-order valence-electron chi connectivity index (χ0n) is 16.3. The fourth-order valence-corrected chi connectivity index (χ4v) is 5.60. The third-order valence-corrected chi connectivity index (χ3v) is 7.09. The maximum atomic E-state index is 13.7. The fraction of sp³-hybridized carbons (Fsp3) is 0.160. The average molecular weight is 425 g/mol. The molecule has 3 aromatic rings. The normalized spacial score (nSPS) is 22.8. The lowest BCUT2D eigenvalue weighted by Gasteiger charge is -2.34. The topological polar surface area (TPSA) is 67.9 Å². The zero-order valence-corrected chi connectivity index (χ0v) is 17.1. The average Bonchev–Trinajstić information content (AvgIpc) is 3.44. The molecule has 150 valence electrons. The molecule has 4 nitrogen and oxygen atoms in total. The van der Waals surface area contributed by atoms with E-state index in [0.717, 1.165) is 11.1 Å². The van der Waals surface area contributed by atoms with Crippen molar-refractivity contribution in [1.29, 1.82) is 10.5 Å². The van der Waals surface area contributed by atoms with Crippen LogP contribution in [0.3, 0.4) is 0 Å². The van der Waals surface area contributed by atoms with Crippen LogP contribution in [0.5, 0.6) is 0 Å². The van der Waals surface area contributed by atoms with Gasteiger partial charge in [0, 0.05) is 12.1 Å². The van der Waals surface area contributed by atoms with Crippen LogP contribution in [0.15, 0.2) is 72.2 Å². The van der Waals surface area contributed by atoms with Crippen molar-refractivity contribution in [3.8, 4) is 12.1 Å². The van der Waals surface area contributed by atoms with E-state index in [9.17, 15) is 19.7 Å². The maximum absolute atomic E-state index is 13.7. The van der Waals surface area contributed by atoms with E-state index in [-0.39, 0.29) is 5.78 Å². The number of halogens is 1. The second kappa shape index (κ2) is 7.19. The number of Topliss-reactive ketones (excluding diaryl/α,β-unsaturated/α-hetero) is 1. The Balaban J connectivity index is 1.78. The predicted octanol–water partition coefficient (Wildman–Crippen LogP) is 5.30. The summed E-state index contributed by atoms with van der Waals surface area (Å²) in [5, 5.41) is 22.6. The smallest absolute Gasteiger partial charge is 0.195 e. The first kappa shape index (κ1) is 19.2. The van der Waals surface area contributed by atoms with E-state index in [1.807, 2.05) is 46.8 Å². The second-order valence-electron chi connectivity index (χ2n) is 7.70. The molecule has 0 saturated carbocycles. The number of carbonyl (C=O) groups excluding carboxylic acids is 1. The summed E-state index contributed by atoms with van der Waals surface area (Å²) >= 11 is 1.33. The summed E-state index contributed by atoms with van der Waals surface area (Å²) in [5.74, 6) is -1.31. The van der Waals surface area contributed by atoms with Gasteiger partial charge in [0.1, 0.15) is 11.9 Å². The van der Waals surface area contributed by atoms with Crippen LogP contribution in [0, 0.1) is 33.9 Å². The van der Waals surface area contributed by atoms with Gasteiger partial charge in [-0.3, -0.25) is 4.79 Å². The summed E-state index contributed by atoms with van der Waals surface area (Å²) in [6, 6.07) is 20.1. The molecule has 2 aromatic carbocycles. The van der Waals surface area contributed by atoms with Crippen LogP contribution in [0.25, 0.3) is 6.08 Å². The highest BCUT2D eigenvalue weighted by Gasteiger charge is 2.63. The maximum Gasteiger partial charge on any atom is 0.195 e. The van der Waals surface area contributed by atoms with Crippen molar-refractivity contribution in [3.05, 3.63) is 99.6 Å². The molecular weight excluding hydrogens is 409 g/mol. The number of thiophene rings is 1. The highest BCUT2D eigenvalue weighted by Crippen LogP contribution is 2.60. The Hall–Kier alpha value is -3.74. The summed E-state index contributed by atoms with van der Waals surface area (Å²) in [6.45, 7) is 0. The summed E-state index contributed by atoms with van der Waals surface area (Å²) < 4.78 is 13.7. The van der Waals surface area contributed by atoms with Crippen molar-refractivity contribution in [2.45, 2.75) is 18.0 Å². The lowest BCUT2D eigenvalue weighted by atomic mass is 9.67. The van der Waals surface area contributed by atoms with Gasteiger partial charge in [0.2, 0.25) is 0 Å². The number of nitrogens with zero attached hydrogens (tertiary/aromatic N) is 3. The molecule has 1 aromatic heterocycles. The molecule has 3 heterocycles. The summed E-state index contributed by atoms with van der Waals surface area (Å²) in [6.07, 6.45) is 3.73. The molecule has 0 amide bonds. The lowest BCUT2D eigenvalue weighted by Crippen LogP contribution is -2.37. The van der Waals surface area contributed by atoms with Gasteiger partial charge in [-0.05, 0) is 46.3 Å². The van der Waals surface area contributed by atoms with Gasteiger partial charge < -0.3 is 4.90 Å². The first-order valence-electron chi connectivity index (χ1n) is 9.81. The first-order valence-corrected chi connectivity index (χ1v) is 10.7. The van der Waals surface area contributed by atoms with Gasteiger partial charge in [0.05, 0.1) is 23.1 Å². The van der Waals surface area contributed by atoms with Crippen molar-refractivity contribution in [3.63, 3.8) is 0 Å². The minimum absolute atomic E-state index is 0.147. The van der Waals surface area contributed by atoms with Gasteiger partial charge in [0.15, 0.2) is 11.2 Å². The number of carbonyl (C=O) groups is 1. The van der Waals surface area contributed by atoms with E-state index >= 15 is 0 Å². The third kappa shape index (κ3) is 2.73. The number of hydrogen-bond acceptors (Lipinski definition) is 5. The molecule has 3 atom stereocenters. The number of nitriles is 2. The number of hydrogen-bond donors (Lipinski definition) is 0. The Morgan fingerprint density at radius 1 is 1.03 bits per heavy atom. The van der Waals surface area contributed by atoms with E-state index in [2.05, 4.69) is 12.1 Å². The van der Waals surface area contributed by atoms with E-state index in [0.29, 0.717) is 10.4 Å². The molecule has 0 spiro atoms. The quantitative estimate of drug-likeness (QED) is 0.534. The number of ketones is 1. The molecule has 0 radical (unpaired) electrons. The molecule has 0 aliphatic carbocycles. The standard InChI is InChI=1S/C25H16FN3OS/c26-18-9-7-17(8-10-18)21-22(23(30)20-6-3-13-31-20)29-12-11-16-4-1-2-5-19(16)24(29)25(21,14-27)15-28/h1-13,21-22,24H/t21-,22-,24+/m1/s1. The summed E-state index contributed by atoms with van der Waals surface area (Å²) in [4.78, 5) is 16.1.